The Balaban J connectivity index is 1.48. The molecule has 20 heteroatoms. The van der Waals surface area contributed by atoms with Crippen molar-refractivity contribution in [2.24, 2.45) is 11.5 Å². The number of nitrogens with two attached hydrogens (primary N) is 2. The highest BCUT2D eigenvalue weighted by atomic mass is 35.5. The predicted molar refractivity (Wildman–Crippen MR) is 376 cm³/mol. The van der Waals surface area contributed by atoms with Crippen molar-refractivity contribution in [3.05, 3.63) is 218 Å². The van der Waals surface area contributed by atoms with Gasteiger partial charge in [0.2, 0.25) is 11.8 Å². The zero-order valence-corrected chi connectivity index (χ0v) is 56.5. The van der Waals surface area contributed by atoms with E-state index in [0.717, 1.165) is 22.3 Å². The fourth-order valence-electron chi connectivity index (χ4n) is 11.7. The Morgan fingerprint density at radius 3 is 0.739 bits per heavy atom. The number of primary amides is 2. The molecule has 0 aliphatic carbocycles. The Bertz CT molecular complexity index is 4470. The van der Waals surface area contributed by atoms with Gasteiger partial charge in [0.05, 0.1) is 62.4 Å². The number of para-hydroxylation sites is 6. The van der Waals surface area contributed by atoms with Crippen molar-refractivity contribution in [2.45, 2.75) is 79.1 Å². The van der Waals surface area contributed by atoms with E-state index in [2.05, 4.69) is 10.6 Å². The first-order chi connectivity index (χ1) is 43.8. The Morgan fingerprint density at radius 1 is 0.315 bits per heavy atom. The Morgan fingerprint density at radius 2 is 0.522 bits per heavy atom. The maximum atomic E-state index is 16.5. The molecule has 6 N–H and O–H groups in total. The van der Waals surface area contributed by atoms with Crippen molar-refractivity contribution in [2.75, 3.05) is 10.6 Å². The third-order valence-corrected chi connectivity index (χ3v) is 18.3. The van der Waals surface area contributed by atoms with Crippen LogP contribution in [0.4, 0.5) is 11.4 Å². The number of nitrogens with one attached hydrogen (secondary N) is 2. The van der Waals surface area contributed by atoms with Gasteiger partial charge in [0.15, 0.2) is 23.0 Å². The lowest BCUT2D eigenvalue weighted by molar-refractivity contribution is 0.0996. The van der Waals surface area contributed by atoms with Gasteiger partial charge in [0.1, 0.15) is 23.0 Å². The number of halogens is 8. The number of carbonyl (C=O) groups excluding carboxylic acids is 4. The lowest BCUT2D eigenvalue weighted by Crippen LogP contribution is -2.20. The summed E-state index contributed by atoms with van der Waals surface area (Å²) >= 11 is 56.3. The van der Waals surface area contributed by atoms with E-state index in [4.69, 9.17) is 123 Å². The van der Waals surface area contributed by atoms with Gasteiger partial charge in [-0.15, -0.1) is 0 Å². The summed E-state index contributed by atoms with van der Waals surface area (Å²) in [6.45, 7) is 16.1. The molecule has 0 atom stereocenters. The van der Waals surface area contributed by atoms with E-state index in [0.29, 0.717) is 11.4 Å². The van der Waals surface area contributed by atoms with Gasteiger partial charge < -0.3 is 41.0 Å². The van der Waals surface area contributed by atoms with Crippen molar-refractivity contribution < 1.29 is 38.1 Å². The standard InChI is InChI=1S/C72H56Cl8N4O8/c1-31(2)35-15-9-16-36(32(3)4)63(35)83-71(87)41-29-53(91-67-47(77)23-13-24-48(67)78)59-57-51(89-65-43(73)19-11-20-44(65)74)27-39(69(81)85)55-40(70(82)86)28-52(90-66-45(75)21-12-22-46(66)76)58(61(55)57)60-54(92-68-49(79)25-14-26-50(68)80)30-42(56(41)62(59)60)72(88)84-64-37(33(5)6)17-10-18-38(64)34(7)8/h9-34H,1-8H3,(H2,81,85)(H2,82,86)(H,83,87)(H,84,88). The third kappa shape index (κ3) is 12.0. The Labute approximate surface area is 570 Å². The number of hydrogen-bond acceptors (Lipinski definition) is 8. The fraction of sp³-hybridized carbons (Fsp3) is 0.167. The SMILES string of the molecule is CC(C)c1cccc(C(C)C)c1NC(=O)c1cc(Oc2c(Cl)cccc2Cl)c2c3c(Oc4c(Cl)cccc4Cl)cc(C(N)=O)c4c(C(N)=O)cc(Oc5c(Cl)cccc5Cl)c(c5c(Oc6c(Cl)cccc6Cl)cc(C(=O)Nc6c(C(C)C)cccc6C(C)C)c1c25)c43. The summed E-state index contributed by atoms with van der Waals surface area (Å²) < 4.78 is 28.2. The van der Waals surface area contributed by atoms with Crippen molar-refractivity contribution in [3.63, 3.8) is 0 Å². The van der Waals surface area contributed by atoms with Crippen LogP contribution in [0.15, 0.2) is 133 Å². The zero-order valence-electron chi connectivity index (χ0n) is 50.5. The monoisotopic (exact) mass is 1380 g/mol. The molecular formula is C72H56Cl8N4O8. The first-order valence-corrected chi connectivity index (χ1v) is 32.1. The van der Waals surface area contributed by atoms with Gasteiger partial charge in [-0.3, -0.25) is 19.2 Å². The number of amides is 4. The highest BCUT2D eigenvalue weighted by Crippen LogP contribution is 2.59. The van der Waals surface area contributed by atoms with Gasteiger partial charge >= 0.3 is 0 Å². The summed E-state index contributed by atoms with van der Waals surface area (Å²) in [6.07, 6.45) is 0. The number of carbonyl (C=O) groups is 4. The molecule has 0 unspecified atom stereocenters. The molecule has 11 aromatic rings. The number of benzene rings is 11. The molecule has 468 valence electrons. The lowest BCUT2D eigenvalue weighted by atomic mass is 9.82. The molecule has 0 spiro atoms. The molecule has 0 aliphatic heterocycles. The predicted octanol–water partition coefficient (Wildman–Crippen LogP) is 23.3. The van der Waals surface area contributed by atoms with Crippen LogP contribution in [0.25, 0.3) is 43.1 Å². The normalized spacial score (nSPS) is 11.7. The lowest BCUT2D eigenvalue weighted by Gasteiger charge is -2.27. The number of ether oxygens (including phenoxy) is 4. The maximum Gasteiger partial charge on any atom is 0.256 e. The van der Waals surface area contributed by atoms with Gasteiger partial charge in [-0.05, 0) is 119 Å². The molecule has 0 aromatic heterocycles. The summed E-state index contributed by atoms with van der Waals surface area (Å²) in [6, 6.07) is 36.0. The topological polar surface area (TPSA) is 181 Å². The number of rotatable bonds is 18. The molecule has 0 heterocycles. The number of hydrogen-bond donors (Lipinski definition) is 4. The molecule has 0 bridgehead atoms. The summed E-state index contributed by atoms with van der Waals surface area (Å²) in [5.74, 6) is -5.00. The summed E-state index contributed by atoms with van der Waals surface area (Å²) in [4.78, 5) is 61.9. The van der Waals surface area contributed by atoms with E-state index in [-0.39, 0.29) is 175 Å². The van der Waals surface area contributed by atoms with E-state index < -0.39 is 23.6 Å². The van der Waals surface area contributed by atoms with Crippen molar-refractivity contribution >= 4 is 171 Å². The molecule has 0 radical (unpaired) electrons. The van der Waals surface area contributed by atoms with Gasteiger partial charge in [-0.2, -0.15) is 0 Å². The maximum absolute atomic E-state index is 16.5. The van der Waals surface area contributed by atoms with E-state index in [1.54, 1.807) is 48.5 Å². The molecule has 92 heavy (non-hydrogen) atoms. The molecule has 0 saturated heterocycles. The van der Waals surface area contributed by atoms with E-state index in [9.17, 15) is 9.59 Å². The van der Waals surface area contributed by atoms with Crippen LogP contribution < -0.4 is 41.0 Å². The Kier molecular flexibility index (Phi) is 18.7. The quantitative estimate of drug-likeness (QED) is 0.0484. The number of fused-ring (bicyclic) bond motifs is 2. The van der Waals surface area contributed by atoms with Crippen LogP contribution in [0, 0.1) is 0 Å². The molecule has 12 nitrogen and oxygen atoms in total. The summed E-state index contributed by atoms with van der Waals surface area (Å²) in [5, 5.41) is 6.73. The van der Waals surface area contributed by atoms with E-state index >= 15 is 9.59 Å². The van der Waals surface area contributed by atoms with Gasteiger partial charge in [-0.25, -0.2) is 0 Å². The van der Waals surface area contributed by atoms with Crippen LogP contribution in [-0.4, -0.2) is 23.6 Å². The minimum Gasteiger partial charge on any atom is -0.454 e. The molecule has 11 rings (SSSR count). The zero-order chi connectivity index (χ0) is 66.0. The second kappa shape index (κ2) is 26.3. The average molecular weight is 1390 g/mol. The second-order valence-corrected chi connectivity index (χ2v) is 26.4. The van der Waals surface area contributed by atoms with Crippen LogP contribution in [0.5, 0.6) is 46.0 Å². The van der Waals surface area contributed by atoms with Gasteiger partial charge in [0.25, 0.3) is 11.8 Å². The van der Waals surface area contributed by atoms with Gasteiger partial charge in [0, 0.05) is 54.5 Å². The highest BCUT2D eigenvalue weighted by Gasteiger charge is 2.36. The average Bonchev–Trinajstić information content (AvgIpc) is 0.680. The van der Waals surface area contributed by atoms with E-state index in [1.165, 1.54) is 48.5 Å². The van der Waals surface area contributed by atoms with Crippen molar-refractivity contribution in [1.29, 1.82) is 0 Å². The van der Waals surface area contributed by atoms with Crippen LogP contribution in [0.2, 0.25) is 40.2 Å². The number of anilines is 2. The molecule has 0 aliphatic rings. The van der Waals surface area contributed by atoms with E-state index in [1.807, 2.05) is 91.8 Å². The van der Waals surface area contributed by atoms with Crippen LogP contribution in [0.1, 0.15) is 143 Å². The molecule has 11 aromatic carbocycles. The summed E-state index contributed by atoms with van der Waals surface area (Å²) in [7, 11) is 0. The molecule has 0 fully saturated rings. The Hall–Kier alpha value is -7.88. The second-order valence-electron chi connectivity index (χ2n) is 23.2. The minimum absolute atomic E-state index is 0.00407. The van der Waals surface area contributed by atoms with Crippen molar-refractivity contribution in [1.82, 2.24) is 0 Å². The smallest absolute Gasteiger partial charge is 0.256 e. The fourth-order valence-corrected chi connectivity index (χ4v) is 13.6. The third-order valence-electron chi connectivity index (χ3n) is 15.9. The largest absolute Gasteiger partial charge is 0.454 e. The molecule has 4 amide bonds. The highest BCUT2D eigenvalue weighted by molar-refractivity contribution is 6.45. The first-order valence-electron chi connectivity index (χ1n) is 29.1. The first kappa shape index (κ1) is 65.6. The van der Waals surface area contributed by atoms with Crippen molar-refractivity contribution in [3.8, 4) is 46.0 Å². The van der Waals surface area contributed by atoms with Crippen LogP contribution in [0.3, 0.4) is 0 Å². The summed E-state index contributed by atoms with van der Waals surface area (Å²) in [5.41, 5.74) is 16.3. The minimum atomic E-state index is -1.05. The molecular weight excluding hydrogens is 1330 g/mol. The van der Waals surface area contributed by atoms with Gasteiger partial charge in [-0.1, -0.05) is 209 Å². The van der Waals surface area contributed by atoms with Crippen LogP contribution in [-0.2, 0) is 0 Å². The van der Waals surface area contributed by atoms with Crippen LogP contribution >= 0.6 is 92.8 Å². The molecule has 0 saturated carbocycles.